The summed E-state index contributed by atoms with van der Waals surface area (Å²) in [7, 11) is 0. The van der Waals surface area contributed by atoms with Crippen LogP contribution in [-0.4, -0.2) is 29.0 Å². The van der Waals surface area contributed by atoms with Gasteiger partial charge in [-0.3, -0.25) is 14.8 Å². The summed E-state index contributed by atoms with van der Waals surface area (Å²) in [6.45, 7) is 6.94. The molecular formula is C12H20N4O. The van der Waals surface area contributed by atoms with Gasteiger partial charge in [-0.05, 0) is 20.3 Å². The van der Waals surface area contributed by atoms with Crippen LogP contribution in [0.15, 0.2) is 12.4 Å². The number of aromatic nitrogens is 2. The van der Waals surface area contributed by atoms with Gasteiger partial charge in [-0.2, -0.15) is 0 Å². The molecule has 2 N–H and O–H groups in total. The molecule has 1 amide bonds. The van der Waals surface area contributed by atoms with Gasteiger partial charge in [0.25, 0.3) is 0 Å². The lowest BCUT2D eigenvalue weighted by Gasteiger charge is -2.14. The summed E-state index contributed by atoms with van der Waals surface area (Å²) >= 11 is 0. The zero-order valence-corrected chi connectivity index (χ0v) is 10.7. The minimum Gasteiger partial charge on any atom is -0.355 e. The standard InChI is InChI=1S/C12H20N4O/c1-4-5-14-11(17)8-16-10(3)12-9(2)13-6-7-15-12/h6-7,10,16H,4-5,8H2,1-3H3,(H,14,17). The van der Waals surface area contributed by atoms with Crippen LogP contribution in [0.25, 0.3) is 0 Å². The number of carbonyl (C=O) groups excluding carboxylic acids is 1. The molecule has 1 aromatic heterocycles. The third kappa shape index (κ3) is 4.48. The Morgan fingerprint density at radius 1 is 1.41 bits per heavy atom. The third-order valence-electron chi connectivity index (χ3n) is 2.47. The average molecular weight is 236 g/mol. The Bertz CT molecular complexity index is 367. The predicted octanol–water partition coefficient (Wildman–Crippen LogP) is 0.962. The highest BCUT2D eigenvalue weighted by molar-refractivity contribution is 5.77. The molecule has 94 valence electrons. The predicted molar refractivity (Wildman–Crippen MR) is 66.5 cm³/mol. The first-order valence-electron chi connectivity index (χ1n) is 5.92. The molecule has 17 heavy (non-hydrogen) atoms. The van der Waals surface area contributed by atoms with Crippen molar-refractivity contribution in [3.63, 3.8) is 0 Å². The van der Waals surface area contributed by atoms with E-state index >= 15 is 0 Å². The van der Waals surface area contributed by atoms with Crippen LogP contribution in [0.4, 0.5) is 0 Å². The van der Waals surface area contributed by atoms with Crippen LogP contribution in [0.5, 0.6) is 0 Å². The molecule has 0 saturated heterocycles. The highest BCUT2D eigenvalue weighted by Gasteiger charge is 2.11. The van der Waals surface area contributed by atoms with Gasteiger partial charge < -0.3 is 10.6 Å². The molecule has 0 fully saturated rings. The normalized spacial score (nSPS) is 12.2. The van der Waals surface area contributed by atoms with E-state index in [1.165, 1.54) is 0 Å². The van der Waals surface area contributed by atoms with E-state index in [4.69, 9.17) is 0 Å². The van der Waals surface area contributed by atoms with Gasteiger partial charge >= 0.3 is 0 Å². The maximum atomic E-state index is 11.4. The highest BCUT2D eigenvalue weighted by atomic mass is 16.1. The third-order valence-corrected chi connectivity index (χ3v) is 2.47. The Kier molecular flexibility index (Phi) is 5.56. The second-order valence-electron chi connectivity index (χ2n) is 3.98. The summed E-state index contributed by atoms with van der Waals surface area (Å²) in [5, 5.41) is 5.95. The summed E-state index contributed by atoms with van der Waals surface area (Å²) in [6, 6.07) is 0.0241. The molecule has 5 heteroatoms. The van der Waals surface area contributed by atoms with Crippen LogP contribution in [0.3, 0.4) is 0 Å². The summed E-state index contributed by atoms with van der Waals surface area (Å²) in [4.78, 5) is 19.8. The topological polar surface area (TPSA) is 66.9 Å². The molecular weight excluding hydrogens is 216 g/mol. The van der Waals surface area contributed by atoms with Crippen molar-refractivity contribution in [2.24, 2.45) is 0 Å². The first kappa shape index (κ1) is 13.6. The maximum Gasteiger partial charge on any atom is 0.233 e. The van der Waals surface area contributed by atoms with Crippen molar-refractivity contribution in [1.82, 2.24) is 20.6 Å². The summed E-state index contributed by atoms with van der Waals surface area (Å²) in [5.74, 6) is 0.0141. The van der Waals surface area contributed by atoms with E-state index in [1.807, 2.05) is 20.8 Å². The Hall–Kier alpha value is -1.49. The fourth-order valence-corrected chi connectivity index (χ4v) is 1.51. The fourth-order valence-electron chi connectivity index (χ4n) is 1.51. The van der Waals surface area contributed by atoms with Gasteiger partial charge in [-0.25, -0.2) is 0 Å². The Morgan fingerprint density at radius 2 is 2.12 bits per heavy atom. The van der Waals surface area contributed by atoms with E-state index in [1.54, 1.807) is 12.4 Å². The lowest BCUT2D eigenvalue weighted by atomic mass is 10.2. The first-order valence-corrected chi connectivity index (χ1v) is 5.92. The van der Waals surface area contributed by atoms with Crippen LogP contribution < -0.4 is 10.6 Å². The zero-order valence-electron chi connectivity index (χ0n) is 10.7. The van der Waals surface area contributed by atoms with Gasteiger partial charge in [0.05, 0.1) is 17.9 Å². The molecule has 5 nitrogen and oxygen atoms in total. The summed E-state index contributed by atoms with van der Waals surface area (Å²) in [6.07, 6.45) is 4.28. The number of amides is 1. The maximum absolute atomic E-state index is 11.4. The van der Waals surface area contributed by atoms with E-state index in [-0.39, 0.29) is 11.9 Å². The summed E-state index contributed by atoms with van der Waals surface area (Å²) < 4.78 is 0. The van der Waals surface area contributed by atoms with Crippen molar-refractivity contribution in [1.29, 1.82) is 0 Å². The number of rotatable bonds is 6. The molecule has 0 spiro atoms. The Morgan fingerprint density at radius 3 is 2.76 bits per heavy atom. The van der Waals surface area contributed by atoms with Gasteiger partial charge in [-0.1, -0.05) is 6.92 Å². The van der Waals surface area contributed by atoms with E-state index in [2.05, 4.69) is 20.6 Å². The molecule has 1 unspecified atom stereocenters. The molecule has 0 bridgehead atoms. The van der Waals surface area contributed by atoms with Crippen LogP contribution >= 0.6 is 0 Å². The number of nitrogens with zero attached hydrogens (tertiary/aromatic N) is 2. The molecule has 1 aromatic rings. The largest absolute Gasteiger partial charge is 0.355 e. The lowest BCUT2D eigenvalue weighted by molar-refractivity contribution is -0.120. The fraction of sp³-hybridized carbons (Fsp3) is 0.583. The number of hydrogen-bond acceptors (Lipinski definition) is 4. The highest BCUT2D eigenvalue weighted by Crippen LogP contribution is 2.10. The van der Waals surface area contributed by atoms with Crippen molar-refractivity contribution in [3.8, 4) is 0 Å². The first-order chi connectivity index (χ1) is 8.15. The molecule has 0 aliphatic heterocycles. The SMILES string of the molecule is CCCNC(=O)CNC(C)c1nccnc1C. The summed E-state index contributed by atoms with van der Waals surface area (Å²) in [5.41, 5.74) is 1.78. The second kappa shape index (κ2) is 6.96. The van der Waals surface area contributed by atoms with Gasteiger partial charge in [0.2, 0.25) is 5.91 Å². The van der Waals surface area contributed by atoms with Crippen LogP contribution in [-0.2, 0) is 4.79 Å². The van der Waals surface area contributed by atoms with Crippen molar-refractivity contribution >= 4 is 5.91 Å². The zero-order chi connectivity index (χ0) is 12.7. The number of hydrogen-bond donors (Lipinski definition) is 2. The van der Waals surface area contributed by atoms with Gasteiger partial charge in [0, 0.05) is 25.0 Å². The molecule has 1 rings (SSSR count). The molecule has 0 aliphatic carbocycles. The number of nitrogens with one attached hydrogen (secondary N) is 2. The van der Waals surface area contributed by atoms with Crippen LogP contribution in [0.1, 0.15) is 37.7 Å². The molecule has 1 atom stereocenters. The van der Waals surface area contributed by atoms with E-state index in [0.717, 1.165) is 24.4 Å². The van der Waals surface area contributed by atoms with Gasteiger partial charge in [0.15, 0.2) is 0 Å². The molecule has 0 aromatic carbocycles. The smallest absolute Gasteiger partial charge is 0.233 e. The minimum atomic E-state index is 0.0141. The lowest BCUT2D eigenvalue weighted by Crippen LogP contribution is -2.35. The van der Waals surface area contributed by atoms with E-state index < -0.39 is 0 Å². The van der Waals surface area contributed by atoms with Gasteiger partial charge in [0.1, 0.15) is 0 Å². The number of aryl methyl sites for hydroxylation is 1. The van der Waals surface area contributed by atoms with Crippen molar-refractivity contribution in [2.45, 2.75) is 33.2 Å². The van der Waals surface area contributed by atoms with Crippen LogP contribution in [0, 0.1) is 6.92 Å². The molecule has 0 radical (unpaired) electrons. The quantitative estimate of drug-likeness (QED) is 0.772. The monoisotopic (exact) mass is 236 g/mol. The number of carbonyl (C=O) groups is 1. The molecule has 0 aliphatic rings. The second-order valence-corrected chi connectivity index (χ2v) is 3.98. The van der Waals surface area contributed by atoms with Crippen molar-refractivity contribution in [3.05, 3.63) is 23.8 Å². The minimum absolute atomic E-state index is 0.0141. The van der Waals surface area contributed by atoms with Gasteiger partial charge in [-0.15, -0.1) is 0 Å². The Labute approximate surface area is 102 Å². The van der Waals surface area contributed by atoms with E-state index in [9.17, 15) is 4.79 Å². The Balaban J connectivity index is 2.42. The molecule has 0 saturated carbocycles. The van der Waals surface area contributed by atoms with Crippen molar-refractivity contribution in [2.75, 3.05) is 13.1 Å². The van der Waals surface area contributed by atoms with E-state index in [0.29, 0.717) is 6.54 Å². The van der Waals surface area contributed by atoms with Crippen molar-refractivity contribution < 1.29 is 4.79 Å². The van der Waals surface area contributed by atoms with Crippen LogP contribution in [0.2, 0.25) is 0 Å². The average Bonchev–Trinajstić information content (AvgIpc) is 2.34. The molecule has 1 heterocycles.